The number of sulfonamides is 1. The topological polar surface area (TPSA) is 81.2 Å². The molecule has 6 nitrogen and oxygen atoms in total. The highest BCUT2D eigenvalue weighted by Crippen LogP contribution is 2.28. The molecule has 0 unspecified atom stereocenters. The van der Waals surface area contributed by atoms with Crippen LogP contribution in [0.25, 0.3) is 11.0 Å². The van der Waals surface area contributed by atoms with Gasteiger partial charge in [0.1, 0.15) is 11.6 Å². The van der Waals surface area contributed by atoms with Crippen molar-refractivity contribution in [3.8, 4) is 0 Å². The van der Waals surface area contributed by atoms with E-state index in [0.717, 1.165) is 27.3 Å². The Morgan fingerprint density at radius 3 is 2.53 bits per heavy atom. The second kappa shape index (κ2) is 8.63. The van der Waals surface area contributed by atoms with Gasteiger partial charge in [-0.1, -0.05) is 12.1 Å². The summed E-state index contributed by atoms with van der Waals surface area (Å²) in [5, 5.41) is 0. The largest absolute Gasteiger partial charge is 0.336 e. The molecule has 0 saturated heterocycles. The van der Waals surface area contributed by atoms with E-state index < -0.39 is 21.7 Å². The van der Waals surface area contributed by atoms with Crippen molar-refractivity contribution in [2.45, 2.75) is 24.8 Å². The average Bonchev–Trinajstić information content (AvgIpc) is 2.93. The molecule has 0 atom stereocenters. The van der Waals surface area contributed by atoms with Crippen LogP contribution in [0.5, 0.6) is 0 Å². The van der Waals surface area contributed by atoms with Crippen LogP contribution in [-0.2, 0) is 23.0 Å². The first-order valence-electron chi connectivity index (χ1n) is 9.34. The maximum atomic E-state index is 14.1. The molecular formula is C21H24F2N4O2S. The number of fused-ring (bicyclic) bond motifs is 1. The van der Waals surface area contributed by atoms with Crippen molar-refractivity contribution in [3.05, 3.63) is 71.1 Å². The first-order valence-corrected chi connectivity index (χ1v) is 10.8. The summed E-state index contributed by atoms with van der Waals surface area (Å²) in [7, 11) is -0.559. The minimum Gasteiger partial charge on any atom is -0.336 e. The van der Waals surface area contributed by atoms with Crippen molar-refractivity contribution < 1.29 is 17.2 Å². The van der Waals surface area contributed by atoms with E-state index in [0.29, 0.717) is 17.5 Å². The Morgan fingerprint density at radius 2 is 1.93 bits per heavy atom. The average molecular weight is 435 g/mol. The van der Waals surface area contributed by atoms with E-state index >= 15 is 0 Å². The maximum Gasteiger partial charge on any atom is 0.242 e. The van der Waals surface area contributed by atoms with Crippen LogP contribution in [0.15, 0.2) is 53.3 Å². The Labute approximate surface area is 174 Å². The number of hydrogen-bond donors (Lipinski definition) is 1. The second-order valence-electron chi connectivity index (χ2n) is 7.17. The number of rotatable bonds is 7. The number of aromatic nitrogens is 2. The monoisotopic (exact) mass is 434 g/mol. The summed E-state index contributed by atoms with van der Waals surface area (Å²) in [5.41, 5.74) is 8.91. The highest BCUT2D eigenvalue weighted by atomic mass is 32.2. The molecule has 30 heavy (non-hydrogen) atoms. The molecular weight excluding hydrogens is 410 g/mol. The Hall–Kier alpha value is -2.62. The zero-order valence-corrected chi connectivity index (χ0v) is 17.9. The van der Waals surface area contributed by atoms with E-state index in [1.165, 1.54) is 26.2 Å². The first-order chi connectivity index (χ1) is 14.1. The fourth-order valence-corrected chi connectivity index (χ4v) is 4.24. The van der Waals surface area contributed by atoms with Crippen molar-refractivity contribution in [2.75, 3.05) is 20.6 Å². The number of allylic oxidation sites excluding steroid dienone is 1. The lowest BCUT2D eigenvalue weighted by Gasteiger charge is -2.12. The zero-order valence-electron chi connectivity index (χ0n) is 17.1. The minimum absolute atomic E-state index is 0.0648. The molecule has 3 aromatic rings. The number of pyridine rings is 1. The summed E-state index contributed by atoms with van der Waals surface area (Å²) in [6, 6.07) is 7.90. The van der Waals surface area contributed by atoms with Crippen LogP contribution < -0.4 is 5.73 Å². The van der Waals surface area contributed by atoms with E-state index in [4.69, 9.17) is 5.73 Å². The van der Waals surface area contributed by atoms with Gasteiger partial charge in [-0.15, -0.1) is 0 Å². The van der Waals surface area contributed by atoms with Crippen molar-refractivity contribution in [3.63, 3.8) is 0 Å². The Bertz CT molecular complexity index is 1200. The van der Waals surface area contributed by atoms with Crippen LogP contribution >= 0.6 is 0 Å². The highest BCUT2D eigenvalue weighted by Gasteiger charge is 2.19. The molecule has 3 rings (SSSR count). The smallest absolute Gasteiger partial charge is 0.242 e. The van der Waals surface area contributed by atoms with Gasteiger partial charge in [-0.25, -0.2) is 21.5 Å². The van der Waals surface area contributed by atoms with E-state index in [9.17, 15) is 17.2 Å². The van der Waals surface area contributed by atoms with Crippen LogP contribution in [0.4, 0.5) is 8.78 Å². The number of halogens is 2. The predicted molar refractivity (Wildman–Crippen MR) is 113 cm³/mol. The van der Waals surface area contributed by atoms with Gasteiger partial charge >= 0.3 is 0 Å². The minimum atomic E-state index is -3.51. The van der Waals surface area contributed by atoms with Crippen LogP contribution in [0, 0.1) is 12.7 Å². The van der Waals surface area contributed by atoms with Gasteiger partial charge in [0.25, 0.3) is 0 Å². The van der Waals surface area contributed by atoms with E-state index in [1.807, 2.05) is 6.92 Å². The summed E-state index contributed by atoms with van der Waals surface area (Å²) in [4.78, 5) is 4.43. The summed E-state index contributed by atoms with van der Waals surface area (Å²) in [5.74, 6) is -0.916. The van der Waals surface area contributed by atoms with Crippen molar-refractivity contribution >= 4 is 21.1 Å². The SMILES string of the molecule is Cc1c(Cc2ccc(S(=O)(=O)N(C)C)cc2)c2ncc(F)cc2n1C/C(F)=C/CN. The molecule has 2 heterocycles. The predicted octanol–water partition coefficient (Wildman–Crippen LogP) is 3.14. The van der Waals surface area contributed by atoms with Crippen LogP contribution in [0.1, 0.15) is 16.8 Å². The third-order valence-electron chi connectivity index (χ3n) is 4.98. The lowest BCUT2D eigenvalue weighted by atomic mass is 10.0. The van der Waals surface area contributed by atoms with Crippen LogP contribution in [-0.4, -0.2) is 42.9 Å². The van der Waals surface area contributed by atoms with Crippen molar-refractivity contribution in [1.82, 2.24) is 13.9 Å². The van der Waals surface area contributed by atoms with Gasteiger partial charge in [0.05, 0.1) is 28.7 Å². The van der Waals surface area contributed by atoms with Gasteiger partial charge in [-0.05, 0) is 30.7 Å². The third-order valence-corrected chi connectivity index (χ3v) is 6.81. The molecule has 0 aliphatic carbocycles. The molecule has 0 bridgehead atoms. The fourth-order valence-electron chi connectivity index (χ4n) is 3.33. The molecule has 0 radical (unpaired) electrons. The Balaban J connectivity index is 2.02. The van der Waals surface area contributed by atoms with Crippen molar-refractivity contribution in [1.29, 1.82) is 0 Å². The number of nitrogens with two attached hydrogens (primary N) is 1. The standard InChI is InChI=1S/C21H24F2N4O2S/c1-14-19(10-15-4-6-18(7-5-15)30(28,29)26(2)3)21-20(11-17(23)12-25-21)27(14)13-16(22)8-9-24/h4-8,11-12H,9-10,13,24H2,1-3H3/b16-8-. The van der Waals surface area contributed by atoms with Gasteiger partial charge in [0.2, 0.25) is 10.0 Å². The molecule has 0 amide bonds. The maximum absolute atomic E-state index is 14.1. The summed E-state index contributed by atoms with van der Waals surface area (Å²) in [6.07, 6.45) is 2.86. The molecule has 160 valence electrons. The lowest BCUT2D eigenvalue weighted by Crippen LogP contribution is -2.22. The fraction of sp³-hybridized carbons (Fsp3) is 0.286. The van der Waals surface area contributed by atoms with Gasteiger partial charge in [0.15, 0.2) is 0 Å². The van der Waals surface area contributed by atoms with Crippen LogP contribution in [0.3, 0.4) is 0 Å². The normalized spacial score (nSPS) is 12.8. The quantitative estimate of drug-likeness (QED) is 0.620. The molecule has 0 spiro atoms. The number of nitrogens with zero attached hydrogens (tertiary/aromatic N) is 3. The Kier molecular flexibility index (Phi) is 6.35. The third kappa shape index (κ3) is 4.28. The molecule has 0 aliphatic heterocycles. The van der Waals surface area contributed by atoms with E-state index in [-0.39, 0.29) is 18.0 Å². The van der Waals surface area contributed by atoms with Gasteiger partial charge < -0.3 is 10.3 Å². The highest BCUT2D eigenvalue weighted by molar-refractivity contribution is 7.89. The zero-order chi connectivity index (χ0) is 22.1. The molecule has 9 heteroatoms. The van der Waals surface area contributed by atoms with E-state index in [1.54, 1.807) is 28.8 Å². The van der Waals surface area contributed by atoms with E-state index in [2.05, 4.69) is 4.98 Å². The number of hydrogen-bond acceptors (Lipinski definition) is 4. The number of benzene rings is 1. The molecule has 2 aromatic heterocycles. The lowest BCUT2D eigenvalue weighted by molar-refractivity contribution is 0.520. The molecule has 1 aromatic carbocycles. The molecule has 0 saturated carbocycles. The molecule has 0 aliphatic rings. The summed E-state index contributed by atoms with van der Waals surface area (Å²) >= 11 is 0. The van der Waals surface area contributed by atoms with Crippen LogP contribution in [0.2, 0.25) is 0 Å². The second-order valence-corrected chi connectivity index (χ2v) is 9.32. The summed E-state index contributed by atoms with van der Waals surface area (Å²) in [6.45, 7) is 1.84. The van der Waals surface area contributed by atoms with Gasteiger partial charge in [0, 0.05) is 44.4 Å². The molecule has 2 N–H and O–H groups in total. The summed E-state index contributed by atoms with van der Waals surface area (Å²) < 4.78 is 55.3. The first kappa shape index (κ1) is 22.1. The Morgan fingerprint density at radius 1 is 1.27 bits per heavy atom. The van der Waals surface area contributed by atoms with Gasteiger partial charge in [-0.3, -0.25) is 4.98 Å². The van der Waals surface area contributed by atoms with Crippen molar-refractivity contribution in [2.24, 2.45) is 5.73 Å². The van der Waals surface area contributed by atoms with Gasteiger partial charge in [-0.2, -0.15) is 0 Å². The molecule has 0 fully saturated rings.